The van der Waals surface area contributed by atoms with Crippen LogP contribution in [0, 0.1) is 0 Å². The molecule has 3 aromatic carbocycles. The number of methoxy groups -OCH3 is 1. The Labute approximate surface area is 220 Å². The standard InChI is InChI=1S/C24H14Cl3NO4S2/c1-31-20-9-13(5-8-19(20)32-23(30)17-7-6-15(26)12-18(17)27)10-21-22(29)28(24(33)34-21)16-4-2-3-14(25)11-16/h2-12H,1H3. The van der Waals surface area contributed by atoms with E-state index in [1.165, 1.54) is 35.9 Å². The van der Waals surface area contributed by atoms with Crippen LogP contribution in [-0.4, -0.2) is 23.3 Å². The molecule has 4 rings (SSSR count). The minimum Gasteiger partial charge on any atom is -0.493 e. The maximum absolute atomic E-state index is 13.0. The predicted octanol–water partition coefficient (Wildman–Crippen LogP) is 7.28. The number of carbonyl (C=O) groups excluding carboxylic acids is 2. The minimum absolute atomic E-state index is 0.168. The molecule has 0 N–H and O–H groups in total. The van der Waals surface area contributed by atoms with Gasteiger partial charge in [-0.05, 0) is 60.2 Å². The van der Waals surface area contributed by atoms with Crippen LogP contribution in [0.1, 0.15) is 15.9 Å². The lowest BCUT2D eigenvalue weighted by Crippen LogP contribution is -2.27. The highest BCUT2D eigenvalue weighted by atomic mass is 35.5. The zero-order valence-corrected chi connectivity index (χ0v) is 21.3. The van der Waals surface area contributed by atoms with Gasteiger partial charge in [-0.25, -0.2) is 4.79 Å². The van der Waals surface area contributed by atoms with E-state index in [0.29, 0.717) is 36.3 Å². The van der Waals surface area contributed by atoms with Crippen LogP contribution in [-0.2, 0) is 4.79 Å². The average molecular weight is 551 g/mol. The molecule has 1 fully saturated rings. The third-order valence-corrected chi connectivity index (χ3v) is 6.78. The Hall–Kier alpha value is -2.55. The third-order valence-electron chi connectivity index (χ3n) is 4.70. The molecule has 0 bridgehead atoms. The number of carbonyl (C=O) groups is 2. The van der Waals surface area contributed by atoms with Gasteiger partial charge in [-0.1, -0.05) is 70.9 Å². The smallest absolute Gasteiger partial charge is 0.345 e. The quantitative estimate of drug-likeness (QED) is 0.144. The fourth-order valence-corrected chi connectivity index (χ4v) is 5.09. The lowest BCUT2D eigenvalue weighted by molar-refractivity contribution is -0.113. The summed E-state index contributed by atoms with van der Waals surface area (Å²) in [5, 5.41) is 1.09. The Morgan fingerprint density at radius 2 is 1.76 bits per heavy atom. The summed E-state index contributed by atoms with van der Waals surface area (Å²) in [6, 6.07) is 16.3. The van der Waals surface area contributed by atoms with Crippen molar-refractivity contribution in [3.63, 3.8) is 0 Å². The SMILES string of the molecule is COc1cc(C=C2SC(=S)N(c3cccc(Cl)c3)C2=O)ccc1OC(=O)c1ccc(Cl)cc1Cl. The van der Waals surface area contributed by atoms with Gasteiger partial charge in [0.15, 0.2) is 15.8 Å². The van der Waals surface area contributed by atoms with Gasteiger partial charge in [0.05, 0.1) is 28.3 Å². The van der Waals surface area contributed by atoms with E-state index in [0.717, 1.165) is 0 Å². The third kappa shape index (κ3) is 5.24. The number of halogens is 3. The molecular weight excluding hydrogens is 537 g/mol. The van der Waals surface area contributed by atoms with Gasteiger partial charge < -0.3 is 9.47 Å². The van der Waals surface area contributed by atoms with Crippen LogP contribution in [0.3, 0.4) is 0 Å². The number of hydrogen-bond acceptors (Lipinski definition) is 6. The number of ether oxygens (including phenoxy) is 2. The molecule has 0 atom stereocenters. The molecule has 1 aliphatic rings. The van der Waals surface area contributed by atoms with E-state index in [4.69, 9.17) is 56.5 Å². The topological polar surface area (TPSA) is 55.8 Å². The molecule has 1 heterocycles. The van der Waals surface area contributed by atoms with Crippen LogP contribution in [0.4, 0.5) is 5.69 Å². The second-order valence-electron chi connectivity index (χ2n) is 6.92. The van der Waals surface area contributed by atoms with Crippen molar-refractivity contribution in [2.24, 2.45) is 0 Å². The average Bonchev–Trinajstić information content (AvgIpc) is 3.07. The molecule has 0 aromatic heterocycles. The van der Waals surface area contributed by atoms with Crippen LogP contribution in [0.15, 0.2) is 65.6 Å². The lowest BCUT2D eigenvalue weighted by Gasteiger charge is -2.14. The maximum Gasteiger partial charge on any atom is 0.345 e. The van der Waals surface area contributed by atoms with E-state index in [9.17, 15) is 9.59 Å². The monoisotopic (exact) mass is 549 g/mol. The van der Waals surface area contributed by atoms with E-state index in [2.05, 4.69) is 0 Å². The summed E-state index contributed by atoms with van der Waals surface area (Å²) < 4.78 is 11.3. The number of nitrogens with zero attached hydrogens (tertiary/aromatic N) is 1. The van der Waals surface area contributed by atoms with E-state index in [1.807, 2.05) is 0 Å². The molecule has 3 aromatic rings. The maximum atomic E-state index is 13.0. The van der Waals surface area contributed by atoms with Gasteiger partial charge in [0, 0.05) is 10.0 Å². The fourth-order valence-electron chi connectivity index (χ4n) is 3.13. The molecule has 1 amide bonds. The Morgan fingerprint density at radius 1 is 1.00 bits per heavy atom. The number of benzene rings is 3. The van der Waals surface area contributed by atoms with Crippen LogP contribution in [0.5, 0.6) is 11.5 Å². The van der Waals surface area contributed by atoms with Gasteiger partial charge >= 0.3 is 5.97 Å². The Kier molecular flexibility index (Phi) is 7.50. The Morgan fingerprint density at radius 3 is 2.47 bits per heavy atom. The molecule has 1 aliphatic heterocycles. The van der Waals surface area contributed by atoms with Gasteiger partial charge in [-0.2, -0.15) is 0 Å². The zero-order valence-electron chi connectivity index (χ0n) is 17.4. The molecule has 0 radical (unpaired) electrons. The van der Waals surface area contributed by atoms with Crippen molar-refractivity contribution in [1.82, 2.24) is 0 Å². The highest BCUT2D eigenvalue weighted by molar-refractivity contribution is 8.27. The summed E-state index contributed by atoms with van der Waals surface area (Å²) in [5.74, 6) is -0.418. The molecule has 0 unspecified atom stereocenters. The summed E-state index contributed by atoms with van der Waals surface area (Å²) >= 11 is 24.6. The zero-order chi connectivity index (χ0) is 24.4. The molecule has 5 nitrogen and oxygen atoms in total. The molecule has 0 spiro atoms. The first-order valence-electron chi connectivity index (χ1n) is 9.65. The lowest BCUT2D eigenvalue weighted by atomic mass is 10.1. The van der Waals surface area contributed by atoms with E-state index < -0.39 is 5.97 Å². The first-order valence-corrected chi connectivity index (χ1v) is 12.0. The summed E-state index contributed by atoms with van der Waals surface area (Å²) in [6.07, 6.45) is 1.69. The second kappa shape index (κ2) is 10.4. The number of esters is 1. The van der Waals surface area contributed by atoms with E-state index >= 15 is 0 Å². The van der Waals surface area contributed by atoms with E-state index in [1.54, 1.807) is 54.6 Å². The van der Waals surface area contributed by atoms with Crippen LogP contribution in [0.2, 0.25) is 15.1 Å². The van der Waals surface area contributed by atoms with Crippen molar-refractivity contribution in [1.29, 1.82) is 0 Å². The summed E-state index contributed by atoms with van der Waals surface area (Å²) in [4.78, 5) is 27.4. The summed E-state index contributed by atoms with van der Waals surface area (Å²) in [6.45, 7) is 0. The number of thioether (sulfide) groups is 1. The van der Waals surface area contributed by atoms with Gasteiger partial charge in [-0.3, -0.25) is 9.69 Å². The first kappa shape index (κ1) is 24.6. The number of amides is 1. The van der Waals surface area contributed by atoms with Crippen LogP contribution in [0.25, 0.3) is 6.08 Å². The van der Waals surface area contributed by atoms with Crippen molar-refractivity contribution in [2.75, 3.05) is 12.0 Å². The van der Waals surface area contributed by atoms with Gasteiger partial charge in [0.25, 0.3) is 5.91 Å². The van der Waals surface area contributed by atoms with Crippen LogP contribution >= 0.6 is 58.8 Å². The predicted molar refractivity (Wildman–Crippen MR) is 142 cm³/mol. The molecule has 1 saturated heterocycles. The number of hydrogen-bond donors (Lipinski definition) is 0. The molecule has 0 aliphatic carbocycles. The number of rotatable bonds is 5. The fraction of sp³-hybridized carbons (Fsp3) is 0.0417. The van der Waals surface area contributed by atoms with Crippen molar-refractivity contribution < 1.29 is 19.1 Å². The summed E-state index contributed by atoms with van der Waals surface area (Å²) in [7, 11) is 1.45. The highest BCUT2D eigenvalue weighted by Crippen LogP contribution is 2.38. The van der Waals surface area contributed by atoms with Crippen molar-refractivity contribution in [3.8, 4) is 11.5 Å². The Balaban J connectivity index is 1.57. The first-order chi connectivity index (χ1) is 16.3. The molecule has 0 saturated carbocycles. The van der Waals surface area contributed by atoms with Crippen molar-refractivity contribution in [2.45, 2.75) is 0 Å². The summed E-state index contributed by atoms with van der Waals surface area (Å²) in [5.41, 5.74) is 1.42. The normalized spacial score (nSPS) is 14.6. The number of thiocarbonyl (C=S) groups is 1. The molecular formula is C24H14Cl3NO4S2. The van der Waals surface area contributed by atoms with Crippen molar-refractivity contribution >= 4 is 86.7 Å². The van der Waals surface area contributed by atoms with Crippen molar-refractivity contribution in [3.05, 3.63) is 91.8 Å². The Bertz CT molecular complexity index is 1360. The van der Waals surface area contributed by atoms with E-state index in [-0.39, 0.29) is 22.2 Å². The van der Waals surface area contributed by atoms with Gasteiger partial charge in [0.1, 0.15) is 0 Å². The molecule has 172 valence electrons. The highest BCUT2D eigenvalue weighted by Gasteiger charge is 2.33. The minimum atomic E-state index is -0.657. The largest absolute Gasteiger partial charge is 0.493 e. The molecule has 10 heteroatoms. The van der Waals surface area contributed by atoms with Gasteiger partial charge in [-0.15, -0.1) is 0 Å². The van der Waals surface area contributed by atoms with Gasteiger partial charge in [0.2, 0.25) is 0 Å². The number of anilines is 1. The second-order valence-corrected chi connectivity index (χ2v) is 9.88. The van der Waals surface area contributed by atoms with Crippen LogP contribution < -0.4 is 14.4 Å². The molecule has 34 heavy (non-hydrogen) atoms.